The van der Waals surface area contributed by atoms with E-state index in [4.69, 9.17) is 10.5 Å². The van der Waals surface area contributed by atoms with Crippen LogP contribution in [-0.4, -0.2) is 18.5 Å². The van der Waals surface area contributed by atoms with Gasteiger partial charge in [-0.05, 0) is 91.6 Å². The fourth-order valence-electron chi connectivity index (χ4n) is 5.78. The molecule has 4 aromatic carbocycles. The number of carbonyl (C=O) groups excluding carboxylic acids is 1. The van der Waals surface area contributed by atoms with Gasteiger partial charge in [0.1, 0.15) is 12.4 Å². The van der Waals surface area contributed by atoms with Gasteiger partial charge in [-0.2, -0.15) is 0 Å². The van der Waals surface area contributed by atoms with Crippen molar-refractivity contribution in [2.75, 3.05) is 11.9 Å². The Bertz CT molecular complexity index is 1440. The quantitative estimate of drug-likeness (QED) is 0.235. The number of para-hydroxylation sites is 1. The molecule has 4 N–H and O–H groups in total. The Morgan fingerprint density at radius 3 is 2.33 bits per heavy atom. The van der Waals surface area contributed by atoms with Gasteiger partial charge in [0.25, 0.3) is 0 Å². The molecule has 5 nitrogen and oxygen atoms in total. The number of rotatable bonds is 9. The number of hydrogen-bond acceptors (Lipinski definition) is 4. The Hall–Kier alpha value is -4.09. The van der Waals surface area contributed by atoms with Crippen LogP contribution in [0.25, 0.3) is 0 Å². The van der Waals surface area contributed by atoms with Crippen molar-refractivity contribution >= 4 is 11.6 Å². The normalized spacial score (nSPS) is 15.1. The topological polar surface area (TPSA) is 76.4 Å². The van der Waals surface area contributed by atoms with Crippen molar-refractivity contribution < 1.29 is 9.53 Å². The molecule has 0 radical (unpaired) electrons. The third-order valence-electron chi connectivity index (χ3n) is 7.73. The number of anilines is 1. The first kappa shape index (κ1) is 27.5. The molecule has 5 heteroatoms. The first-order valence-corrected chi connectivity index (χ1v) is 14.1. The van der Waals surface area contributed by atoms with Crippen LogP contribution >= 0.6 is 0 Å². The third-order valence-corrected chi connectivity index (χ3v) is 7.73. The van der Waals surface area contributed by atoms with Crippen LogP contribution in [0.3, 0.4) is 0 Å². The molecule has 0 saturated heterocycles. The molecule has 4 aromatic rings. The predicted octanol–water partition coefficient (Wildman–Crippen LogP) is 6.32. The molecule has 1 heterocycles. The number of nitrogens with two attached hydrogens (primary N) is 1. The van der Waals surface area contributed by atoms with Crippen LogP contribution in [0.5, 0.6) is 5.75 Å². The fourth-order valence-corrected chi connectivity index (χ4v) is 5.78. The number of nitrogens with one attached hydrogen (secondary N) is 2. The van der Waals surface area contributed by atoms with Crippen LogP contribution in [0.15, 0.2) is 84.9 Å². The smallest absolute Gasteiger partial charge is 0.237 e. The minimum Gasteiger partial charge on any atom is -0.489 e. The summed E-state index contributed by atoms with van der Waals surface area (Å²) in [7, 11) is 0. The molecule has 0 aliphatic carbocycles. The number of fused-ring (bicyclic) bond motifs is 1. The van der Waals surface area contributed by atoms with Crippen molar-refractivity contribution in [3.63, 3.8) is 0 Å². The summed E-state index contributed by atoms with van der Waals surface area (Å²) in [6, 6.07) is 28.3. The average Bonchev–Trinajstić information content (AvgIpc) is 2.95. The lowest BCUT2D eigenvalue weighted by molar-refractivity contribution is -0.123. The molecule has 1 amide bonds. The standard InChI is InChI=1S/C35H39N3O2/c1-23-16-24(2)30(25(3)17-23)21-32(36)35(39)38-33-14-15-37-34-28(22-40-29-12-8-5-9-13-29)19-27(20-31(33)34)18-26-10-6-4-7-11-26/h4-13,16-17,19-20,32-33,37H,14-15,18,21-22,36H2,1-3H3,(H,38,39). The highest BCUT2D eigenvalue weighted by atomic mass is 16.5. The highest BCUT2D eigenvalue weighted by molar-refractivity contribution is 5.83. The Morgan fingerprint density at radius 2 is 1.62 bits per heavy atom. The summed E-state index contributed by atoms with van der Waals surface area (Å²) < 4.78 is 6.17. The average molecular weight is 534 g/mol. The summed E-state index contributed by atoms with van der Waals surface area (Å²) in [6.45, 7) is 7.48. The van der Waals surface area contributed by atoms with Crippen molar-refractivity contribution in [2.24, 2.45) is 5.73 Å². The molecule has 40 heavy (non-hydrogen) atoms. The van der Waals surface area contributed by atoms with E-state index >= 15 is 0 Å². The summed E-state index contributed by atoms with van der Waals surface area (Å²) in [5.74, 6) is 0.714. The lowest BCUT2D eigenvalue weighted by Crippen LogP contribution is -2.45. The van der Waals surface area contributed by atoms with Crippen molar-refractivity contribution in [1.82, 2.24) is 5.32 Å². The molecule has 0 spiro atoms. The maximum absolute atomic E-state index is 13.4. The van der Waals surface area contributed by atoms with Gasteiger partial charge >= 0.3 is 0 Å². The van der Waals surface area contributed by atoms with Crippen LogP contribution in [-0.2, 0) is 24.2 Å². The monoisotopic (exact) mass is 533 g/mol. The summed E-state index contributed by atoms with van der Waals surface area (Å²) in [5.41, 5.74) is 16.9. The maximum Gasteiger partial charge on any atom is 0.237 e. The van der Waals surface area contributed by atoms with Gasteiger partial charge in [0.2, 0.25) is 5.91 Å². The minimum absolute atomic E-state index is 0.118. The zero-order valence-electron chi connectivity index (χ0n) is 23.7. The van der Waals surface area contributed by atoms with Gasteiger partial charge in [0.15, 0.2) is 0 Å². The zero-order valence-corrected chi connectivity index (χ0v) is 23.7. The Labute approximate surface area is 237 Å². The SMILES string of the molecule is Cc1cc(C)c(CC(N)C(=O)NC2CCNc3c(COc4ccccc4)cc(Cc4ccccc4)cc32)c(C)c1. The molecular formula is C35H39N3O2. The molecule has 0 saturated carbocycles. The molecule has 206 valence electrons. The molecule has 2 atom stereocenters. The fraction of sp³-hybridized carbons (Fsp3) is 0.286. The lowest BCUT2D eigenvalue weighted by Gasteiger charge is -2.31. The molecule has 0 fully saturated rings. The second-order valence-corrected chi connectivity index (χ2v) is 10.9. The Morgan fingerprint density at radius 1 is 0.950 bits per heavy atom. The molecule has 1 aliphatic heterocycles. The van der Waals surface area contributed by atoms with Crippen molar-refractivity contribution in [3.8, 4) is 5.75 Å². The minimum atomic E-state index is -0.619. The molecule has 2 unspecified atom stereocenters. The first-order valence-electron chi connectivity index (χ1n) is 14.1. The van der Waals surface area contributed by atoms with E-state index < -0.39 is 6.04 Å². The summed E-state index contributed by atoms with van der Waals surface area (Å²) in [6.07, 6.45) is 2.12. The van der Waals surface area contributed by atoms with Gasteiger partial charge in [-0.25, -0.2) is 0 Å². The van der Waals surface area contributed by atoms with E-state index in [0.717, 1.165) is 47.5 Å². The maximum atomic E-state index is 13.4. The van der Waals surface area contributed by atoms with Gasteiger partial charge < -0.3 is 21.1 Å². The second-order valence-electron chi connectivity index (χ2n) is 10.9. The molecule has 1 aliphatic rings. The number of aryl methyl sites for hydroxylation is 3. The molecule has 0 bridgehead atoms. The van der Waals surface area contributed by atoms with E-state index in [1.165, 1.54) is 27.8 Å². The highest BCUT2D eigenvalue weighted by Crippen LogP contribution is 2.35. The van der Waals surface area contributed by atoms with E-state index in [9.17, 15) is 4.79 Å². The molecule has 5 rings (SSSR count). The van der Waals surface area contributed by atoms with E-state index in [-0.39, 0.29) is 11.9 Å². The second kappa shape index (κ2) is 12.4. The molecule has 0 aromatic heterocycles. The predicted molar refractivity (Wildman–Crippen MR) is 163 cm³/mol. The van der Waals surface area contributed by atoms with Crippen molar-refractivity contribution in [1.29, 1.82) is 0 Å². The Balaban J connectivity index is 1.39. The van der Waals surface area contributed by atoms with E-state index in [0.29, 0.717) is 13.0 Å². The van der Waals surface area contributed by atoms with E-state index in [1.54, 1.807) is 0 Å². The highest BCUT2D eigenvalue weighted by Gasteiger charge is 2.27. The number of carbonyl (C=O) groups is 1. The number of ether oxygens (including phenoxy) is 1. The third kappa shape index (κ3) is 6.54. The van der Waals surface area contributed by atoms with Crippen LogP contribution < -0.4 is 21.1 Å². The van der Waals surface area contributed by atoms with Gasteiger partial charge in [-0.3, -0.25) is 4.79 Å². The zero-order chi connectivity index (χ0) is 28.1. The number of hydrogen-bond donors (Lipinski definition) is 3. The lowest BCUT2D eigenvalue weighted by atomic mass is 9.90. The van der Waals surface area contributed by atoms with Crippen molar-refractivity contribution in [2.45, 2.75) is 58.7 Å². The van der Waals surface area contributed by atoms with Crippen LogP contribution in [0.4, 0.5) is 5.69 Å². The van der Waals surface area contributed by atoms with Crippen molar-refractivity contribution in [3.05, 3.63) is 129 Å². The van der Waals surface area contributed by atoms with Gasteiger partial charge in [0, 0.05) is 17.8 Å². The first-order chi connectivity index (χ1) is 19.4. The van der Waals surface area contributed by atoms with Gasteiger partial charge in [0.05, 0.1) is 12.1 Å². The van der Waals surface area contributed by atoms with E-state index in [1.807, 2.05) is 36.4 Å². The Kier molecular flexibility index (Phi) is 8.51. The van der Waals surface area contributed by atoms with Gasteiger partial charge in [-0.15, -0.1) is 0 Å². The number of amides is 1. The summed E-state index contributed by atoms with van der Waals surface area (Å²) in [4.78, 5) is 13.4. The summed E-state index contributed by atoms with van der Waals surface area (Å²) >= 11 is 0. The van der Waals surface area contributed by atoms with Gasteiger partial charge in [-0.1, -0.05) is 72.3 Å². The largest absolute Gasteiger partial charge is 0.489 e. The molecular weight excluding hydrogens is 494 g/mol. The van der Waals surface area contributed by atoms with Crippen LogP contribution in [0, 0.1) is 20.8 Å². The summed E-state index contributed by atoms with van der Waals surface area (Å²) in [5, 5.41) is 6.88. The van der Waals surface area contributed by atoms with E-state index in [2.05, 4.69) is 79.9 Å². The number of benzene rings is 4. The van der Waals surface area contributed by atoms with Crippen LogP contribution in [0.1, 0.15) is 57.0 Å². The van der Waals surface area contributed by atoms with Crippen LogP contribution in [0.2, 0.25) is 0 Å².